The summed E-state index contributed by atoms with van der Waals surface area (Å²) in [7, 11) is 1.65. The standard InChI is InChI=1S/C23H28N4O3S/c1-15-16(2)31-22-21(15)23(29)27(14-25-22)13-20(28)24-12-19(26-10-4-5-11-26)17-6-8-18(30-3)9-7-17/h6-9,14,19H,4-5,10-13H2,1-3H3,(H,24,28)/t19-/m0/s1. The zero-order valence-corrected chi connectivity index (χ0v) is 19.0. The van der Waals surface area contributed by atoms with Crippen LogP contribution in [0.25, 0.3) is 10.2 Å². The molecule has 1 amide bonds. The zero-order chi connectivity index (χ0) is 22.0. The fourth-order valence-electron chi connectivity index (χ4n) is 4.14. The van der Waals surface area contributed by atoms with Gasteiger partial charge in [-0.15, -0.1) is 11.3 Å². The smallest absolute Gasteiger partial charge is 0.262 e. The number of benzene rings is 1. The molecule has 0 radical (unpaired) electrons. The van der Waals surface area contributed by atoms with Crippen molar-refractivity contribution in [3.63, 3.8) is 0 Å². The molecule has 3 aromatic rings. The van der Waals surface area contributed by atoms with Gasteiger partial charge < -0.3 is 10.1 Å². The molecule has 1 aromatic carbocycles. The molecule has 4 rings (SSSR count). The van der Waals surface area contributed by atoms with E-state index in [0.29, 0.717) is 11.9 Å². The van der Waals surface area contributed by atoms with Gasteiger partial charge in [-0.1, -0.05) is 12.1 Å². The third-order valence-corrected chi connectivity index (χ3v) is 7.16. The molecule has 31 heavy (non-hydrogen) atoms. The van der Waals surface area contributed by atoms with Crippen LogP contribution in [-0.2, 0) is 11.3 Å². The summed E-state index contributed by atoms with van der Waals surface area (Å²) >= 11 is 1.51. The quantitative estimate of drug-likeness (QED) is 0.611. The number of likely N-dealkylation sites (tertiary alicyclic amines) is 1. The van der Waals surface area contributed by atoms with Crippen LogP contribution in [-0.4, -0.2) is 47.1 Å². The third kappa shape index (κ3) is 4.50. The highest BCUT2D eigenvalue weighted by molar-refractivity contribution is 7.18. The van der Waals surface area contributed by atoms with Gasteiger partial charge in [0, 0.05) is 11.4 Å². The molecular formula is C23H28N4O3S. The second kappa shape index (κ2) is 9.20. The molecule has 1 aliphatic heterocycles. The van der Waals surface area contributed by atoms with Crippen molar-refractivity contribution in [2.45, 2.75) is 39.3 Å². The minimum absolute atomic E-state index is 0.0363. The topological polar surface area (TPSA) is 76.5 Å². The van der Waals surface area contributed by atoms with Crippen molar-refractivity contribution in [3.8, 4) is 5.75 Å². The van der Waals surface area contributed by atoms with E-state index in [2.05, 4.69) is 27.3 Å². The molecule has 0 saturated carbocycles. The Bertz CT molecular complexity index is 1130. The third-order valence-electron chi connectivity index (χ3n) is 6.04. The molecule has 2 aromatic heterocycles. The molecule has 0 spiro atoms. The van der Waals surface area contributed by atoms with Crippen LogP contribution >= 0.6 is 11.3 Å². The van der Waals surface area contributed by atoms with Crippen molar-refractivity contribution in [1.82, 2.24) is 19.8 Å². The van der Waals surface area contributed by atoms with Gasteiger partial charge in [0.1, 0.15) is 17.1 Å². The minimum Gasteiger partial charge on any atom is -0.497 e. The first-order valence-corrected chi connectivity index (χ1v) is 11.4. The van der Waals surface area contributed by atoms with Crippen molar-refractivity contribution < 1.29 is 9.53 Å². The maximum Gasteiger partial charge on any atom is 0.262 e. The highest BCUT2D eigenvalue weighted by Gasteiger charge is 2.24. The number of rotatable bonds is 7. The van der Waals surface area contributed by atoms with E-state index in [4.69, 9.17) is 4.74 Å². The van der Waals surface area contributed by atoms with Gasteiger partial charge in [0.25, 0.3) is 5.56 Å². The zero-order valence-electron chi connectivity index (χ0n) is 18.2. The number of aromatic nitrogens is 2. The number of carbonyl (C=O) groups excluding carboxylic acids is 1. The monoisotopic (exact) mass is 440 g/mol. The Hall–Kier alpha value is -2.71. The fourth-order valence-corrected chi connectivity index (χ4v) is 5.13. The summed E-state index contributed by atoms with van der Waals surface area (Å²) in [6, 6.07) is 8.10. The molecule has 1 fully saturated rings. The first-order chi connectivity index (χ1) is 15.0. The Morgan fingerprint density at radius 2 is 1.94 bits per heavy atom. The van der Waals surface area contributed by atoms with Crippen molar-refractivity contribution in [3.05, 3.63) is 57.0 Å². The Labute approximate surface area is 185 Å². The molecule has 0 aliphatic carbocycles. The largest absolute Gasteiger partial charge is 0.497 e. The lowest BCUT2D eigenvalue weighted by Gasteiger charge is -2.28. The van der Waals surface area contributed by atoms with E-state index in [9.17, 15) is 9.59 Å². The van der Waals surface area contributed by atoms with Crippen LogP contribution in [0.15, 0.2) is 35.4 Å². The SMILES string of the molecule is COc1ccc([C@H](CNC(=O)Cn2cnc3sc(C)c(C)c3c2=O)N2CCCC2)cc1. The lowest BCUT2D eigenvalue weighted by atomic mass is 10.1. The van der Waals surface area contributed by atoms with E-state index in [0.717, 1.165) is 39.7 Å². The van der Waals surface area contributed by atoms with Crippen LogP contribution in [0.1, 0.15) is 34.9 Å². The molecular weight excluding hydrogens is 412 g/mol. The number of thiophene rings is 1. The van der Waals surface area contributed by atoms with E-state index in [1.807, 2.05) is 26.0 Å². The molecule has 1 aliphatic rings. The molecule has 164 valence electrons. The van der Waals surface area contributed by atoms with Crippen molar-refractivity contribution in [1.29, 1.82) is 0 Å². The van der Waals surface area contributed by atoms with E-state index in [1.165, 1.54) is 35.1 Å². The van der Waals surface area contributed by atoms with Gasteiger partial charge in [0.15, 0.2) is 0 Å². The van der Waals surface area contributed by atoms with Crippen LogP contribution < -0.4 is 15.6 Å². The van der Waals surface area contributed by atoms with Crippen molar-refractivity contribution in [2.75, 3.05) is 26.7 Å². The molecule has 1 saturated heterocycles. The Balaban J connectivity index is 1.47. The van der Waals surface area contributed by atoms with Crippen molar-refractivity contribution in [2.24, 2.45) is 0 Å². The number of aryl methyl sites for hydroxylation is 2. The van der Waals surface area contributed by atoms with Gasteiger partial charge >= 0.3 is 0 Å². The number of ether oxygens (including phenoxy) is 1. The fraction of sp³-hybridized carbons (Fsp3) is 0.435. The molecule has 1 atom stereocenters. The van der Waals surface area contributed by atoms with E-state index >= 15 is 0 Å². The summed E-state index contributed by atoms with van der Waals surface area (Å²) in [5.74, 6) is 0.625. The normalized spacial score (nSPS) is 15.3. The van der Waals surface area contributed by atoms with Gasteiger partial charge in [0.2, 0.25) is 5.91 Å². The highest BCUT2D eigenvalue weighted by atomic mass is 32.1. The van der Waals surface area contributed by atoms with Crippen LogP contribution in [0.2, 0.25) is 0 Å². The van der Waals surface area contributed by atoms with Gasteiger partial charge in [-0.05, 0) is 63.0 Å². The lowest BCUT2D eigenvalue weighted by molar-refractivity contribution is -0.122. The summed E-state index contributed by atoms with van der Waals surface area (Å²) in [5, 5.41) is 3.65. The number of hydrogen-bond acceptors (Lipinski definition) is 6. The lowest BCUT2D eigenvalue weighted by Crippen LogP contribution is -2.39. The number of methoxy groups -OCH3 is 1. The number of carbonyl (C=O) groups is 1. The van der Waals surface area contributed by atoms with Crippen LogP contribution in [0.4, 0.5) is 0 Å². The predicted molar refractivity (Wildman–Crippen MR) is 123 cm³/mol. The van der Waals surface area contributed by atoms with E-state index < -0.39 is 0 Å². The highest BCUT2D eigenvalue weighted by Crippen LogP contribution is 2.27. The second-order valence-corrected chi connectivity index (χ2v) is 9.18. The molecule has 0 unspecified atom stereocenters. The minimum atomic E-state index is -0.189. The average molecular weight is 441 g/mol. The van der Waals surface area contributed by atoms with Gasteiger partial charge in [0.05, 0.1) is 24.9 Å². The molecule has 1 N–H and O–H groups in total. The number of fused-ring (bicyclic) bond motifs is 1. The predicted octanol–water partition coefficient (Wildman–Crippen LogP) is 3.04. The Kier molecular flexibility index (Phi) is 6.38. The van der Waals surface area contributed by atoms with Gasteiger partial charge in [-0.3, -0.25) is 19.1 Å². The first kappa shape index (κ1) is 21.5. The van der Waals surface area contributed by atoms with Crippen molar-refractivity contribution >= 4 is 27.5 Å². The summed E-state index contributed by atoms with van der Waals surface area (Å²) in [6.07, 6.45) is 3.81. The maximum atomic E-state index is 12.9. The maximum absolute atomic E-state index is 12.9. The van der Waals surface area contributed by atoms with Crippen LogP contribution in [0, 0.1) is 13.8 Å². The number of hydrogen-bond donors (Lipinski definition) is 1. The van der Waals surface area contributed by atoms with Crippen LogP contribution in [0.3, 0.4) is 0 Å². The summed E-state index contributed by atoms with van der Waals surface area (Å²) in [5.41, 5.74) is 1.93. The molecule has 8 heteroatoms. The number of nitrogens with zero attached hydrogens (tertiary/aromatic N) is 3. The Morgan fingerprint density at radius 1 is 1.23 bits per heavy atom. The van der Waals surface area contributed by atoms with Gasteiger partial charge in [-0.2, -0.15) is 0 Å². The van der Waals surface area contributed by atoms with Crippen LogP contribution in [0.5, 0.6) is 5.75 Å². The second-order valence-electron chi connectivity index (χ2n) is 7.98. The molecule has 0 bridgehead atoms. The number of nitrogens with one attached hydrogen (secondary N) is 1. The summed E-state index contributed by atoms with van der Waals surface area (Å²) in [6.45, 7) is 6.40. The van der Waals surface area contributed by atoms with Gasteiger partial charge in [-0.25, -0.2) is 4.98 Å². The summed E-state index contributed by atoms with van der Waals surface area (Å²) in [4.78, 5) is 34.2. The summed E-state index contributed by atoms with van der Waals surface area (Å²) < 4.78 is 6.67. The molecule has 7 nitrogen and oxygen atoms in total. The van der Waals surface area contributed by atoms with E-state index in [1.54, 1.807) is 7.11 Å². The Morgan fingerprint density at radius 3 is 2.61 bits per heavy atom. The average Bonchev–Trinajstić information content (AvgIpc) is 3.40. The molecule has 3 heterocycles. The van der Waals surface area contributed by atoms with E-state index in [-0.39, 0.29) is 24.1 Å². The number of amides is 1. The first-order valence-electron chi connectivity index (χ1n) is 10.6.